The second-order valence-corrected chi connectivity index (χ2v) is 6.65. The van der Waals surface area contributed by atoms with Crippen LogP contribution >= 0.6 is 11.6 Å². The number of carbonyl (C=O) groups is 1. The molecule has 0 unspecified atom stereocenters. The van der Waals surface area contributed by atoms with Crippen LogP contribution in [0.4, 0.5) is 0 Å². The highest BCUT2D eigenvalue weighted by atomic mass is 35.5. The Hall–Kier alpha value is -2.58. The zero-order chi connectivity index (χ0) is 18.6. The molecule has 0 aliphatic carbocycles. The molecule has 0 atom stereocenters. The maximum absolute atomic E-state index is 11.7. The first-order valence-electron chi connectivity index (χ1n) is 7.67. The minimum Gasteiger partial charge on any atom is -0.492 e. The van der Waals surface area contributed by atoms with Gasteiger partial charge in [0.05, 0.1) is 23.8 Å². The van der Waals surface area contributed by atoms with Crippen LogP contribution < -0.4 is 4.74 Å². The largest absolute Gasteiger partial charge is 0.492 e. The number of nitriles is 1. The van der Waals surface area contributed by atoms with E-state index in [0.29, 0.717) is 17.0 Å². The number of nitrogens with zero attached hydrogens (tertiary/aromatic N) is 2. The van der Waals surface area contributed by atoms with Crippen molar-refractivity contribution >= 4 is 17.6 Å². The molecule has 1 aromatic heterocycles. The van der Waals surface area contributed by atoms with E-state index in [-0.39, 0.29) is 17.7 Å². The molecule has 130 valence electrons. The van der Waals surface area contributed by atoms with Gasteiger partial charge < -0.3 is 9.47 Å². The molecule has 0 spiro atoms. The van der Waals surface area contributed by atoms with Crippen molar-refractivity contribution in [2.75, 3.05) is 13.7 Å². The average Bonchev–Trinajstić information content (AvgIpc) is 2.59. The van der Waals surface area contributed by atoms with Gasteiger partial charge in [0.15, 0.2) is 0 Å². The molecule has 6 heteroatoms. The molecule has 0 bridgehead atoms. The first-order chi connectivity index (χ1) is 11.8. The molecule has 1 heterocycles. The van der Waals surface area contributed by atoms with Gasteiger partial charge in [-0.05, 0) is 56.7 Å². The van der Waals surface area contributed by atoms with E-state index in [4.69, 9.17) is 26.3 Å². The van der Waals surface area contributed by atoms with Crippen LogP contribution in [0.3, 0.4) is 0 Å². The highest BCUT2D eigenvalue weighted by Gasteiger charge is 2.29. The fourth-order valence-electron chi connectivity index (χ4n) is 2.24. The summed E-state index contributed by atoms with van der Waals surface area (Å²) in [6.45, 7) is 5.55. The molecular formula is C19H19ClN2O3. The van der Waals surface area contributed by atoms with Crippen LogP contribution in [0.15, 0.2) is 30.3 Å². The Morgan fingerprint density at radius 1 is 1.32 bits per heavy atom. The average molecular weight is 359 g/mol. The molecular weight excluding hydrogens is 340 g/mol. The number of rotatable bonds is 5. The third-order valence-corrected chi connectivity index (χ3v) is 4.05. The zero-order valence-corrected chi connectivity index (χ0v) is 15.3. The standard InChI is InChI=1S/C19H19ClN2O3/c1-12-9-16(22-17(20)15(12)10-21)13-5-7-14(8-6-13)25-11-19(2,3)18(23)24-4/h5-9H,11H2,1-4H3. The summed E-state index contributed by atoms with van der Waals surface area (Å²) < 4.78 is 10.4. The molecule has 0 radical (unpaired) electrons. The van der Waals surface area contributed by atoms with Crippen LogP contribution in [0.5, 0.6) is 5.75 Å². The molecule has 5 nitrogen and oxygen atoms in total. The SMILES string of the molecule is COC(=O)C(C)(C)COc1ccc(-c2cc(C)c(C#N)c(Cl)n2)cc1. The number of aryl methyl sites for hydroxylation is 1. The van der Waals surface area contributed by atoms with Crippen molar-refractivity contribution in [2.45, 2.75) is 20.8 Å². The Kier molecular flexibility index (Phi) is 5.66. The van der Waals surface area contributed by atoms with Crippen LogP contribution in [0, 0.1) is 23.7 Å². The van der Waals surface area contributed by atoms with Gasteiger partial charge in [-0.15, -0.1) is 0 Å². The fraction of sp³-hybridized carbons (Fsp3) is 0.316. The number of carbonyl (C=O) groups excluding carboxylic acids is 1. The summed E-state index contributed by atoms with van der Waals surface area (Å²) in [5, 5.41) is 9.25. The third-order valence-electron chi connectivity index (χ3n) is 3.77. The van der Waals surface area contributed by atoms with E-state index in [9.17, 15) is 4.79 Å². The van der Waals surface area contributed by atoms with Crippen molar-refractivity contribution in [1.29, 1.82) is 5.26 Å². The van der Waals surface area contributed by atoms with Crippen LogP contribution in [0.1, 0.15) is 25.0 Å². The van der Waals surface area contributed by atoms with Crippen LogP contribution in [-0.2, 0) is 9.53 Å². The summed E-state index contributed by atoms with van der Waals surface area (Å²) in [6, 6.07) is 11.2. The summed E-state index contributed by atoms with van der Waals surface area (Å²) in [4.78, 5) is 15.9. The summed E-state index contributed by atoms with van der Waals surface area (Å²) in [5.41, 5.74) is 1.97. The predicted octanol–water partition coefficient (Wildman–Crippen LogP) is 4.16. The van der Waals surface area contributed by atoms with E-state index in [1.807, 2.05) is 31.2 Å². The van der Waals surface area contributed by atoms with E-state index < -0.39 is 5.41 Å². The summed E-state index contributed by atoms with van der Waals surface area (Å²) in [5.74, 6) is 0.313. The van der Waals surface area contributed by atoms with Gasteiger partial charge in [-0.2, -0.15) is 5.26 Å². The Morgan fingerprint density at radius 2 is 1.96 bits per heavy atom. The molecule has 0 saturated carbocycles. The number of hydrogen-bond acceptors (Lipinski definition) is 5. The Bertz CT molecular complexity index is 801. The van der Waals surface area contributed by atoms with Gasteiger partial charge in [0.1, 0.15) is 23.6 Å². The molecule has 0 saturated heterocycles. The van der Waals surface area contributed by atoms with E-state index in [2.05, 4.69) is 4.98 Å². The molecule has 0 aliphatic rings. The number of esters is 1. The van der Waals surface area contributed by atoms with Gasteiger partial charge >= 0.3 is 5.97 Å². The van der Waals surface area contributed by atoms with Crippen molar-refractivity contribution in [3.05, 3.63) is 46.6 Å². The number of ether oxygens (including phenoxy) is 2. The second-order valence-electron chi connectivity index (χ2n) is 6.29. The van der Waals surface area contributed by atoms with Crippen LogP contribution in [-0.4, -0.2) is 24.7 Å². The first-order valence-corrected chi connectivity index (χ1v) is 8.05. The lowest BCUT2D eigenvalue weighted by Gasteiger charge is -2.21. The fourth-order valence-corrected chi connectivity index (χ4v) is 2.52. The van der Waals surface area contributed by atoms with Crippen molar-refractivity contribution in [3.8, 4) is 23.1 Å². The Labute approximate surface area is 152 Å². The molecule has 2 aromatic rings. The van der Waals surface area contributed by atoms with E-state index in [1.54, 1.807) is 26.0 Å². The monoisotopic (exact) mass is 358 g/mol. The lowest BCUT2D eigenvalue weighted by Crippen LogP contribution is -2.32. The predicted molar refractivity (Wildman–Crippen MR) is 95.4 cm³/mol. The maximum atomic E-state index is 11.7. The molecule has 1 aromatic carbocycles. The quantitative estimate of drug-likeness (QED) is 0.592. The number of halogens is 1. The molecule has 0 fully saturated rings. The number of benzene rings is 1. The summed E-state index contributed by atoms with van der Waals surface area (Å²) in [7, 11) is 1.36. The number of aromatic nitrogens is 1. The summed E-state index contributed by atoms with van der Waals surface area (Å²) in [6.07, 6.45) is 0. The maximum Gasteiger partial charge on any atom is 0.314 e. The van der Waals surface area contributed by atoms with E-state index in [0.717, 1.165) is 11.1 Å². The van der Waals surface area contributed by atoms with Gasteiger partial charge in [-0.25, -0.2) is 4.98 Å². The lowest BCUT2D eigenvalue weighted by molar-refractivity contribution is -0.152. The minimum absolute atomic E-state index is 0.192. The molecule has 25 heavy (non-hydrogen) atoms. The number of hydrogen-bond donors (Lipinski definition) is 0. The zero-order valence-electron chi connectivity index (χ0n) is 14.6. The lowest BCUT2D eigenvalue weighted by atomic mass is 9.95. The van der Waals surface area contributed by atoms with Crippen molar-refractivity contribution < 1.29 is 14.3 Å². The number of pyridine rings is 1. The minimum atomic E-state index is -0.729. The third kappa shape index (κ3) is 4.28. The molecule has 2 rings (SSSR count). The second kappa shape index (κ2) is 7.54. The smallest absolute Gasteiger partial charge is 0.314 e. The van der Waals surface area contributed by atoms with E-state index >= 15 is 0 Å². The first kappa shape index (κ1) is 18.8. The van der Waals surface area contributed by atoms with Crippen molar-refractivity contribution in [3.63, 3.8) is 0 Å². The molecule has 0 aliphatic heterocycles. The van der Waals surface area contributed by atoms with Gasteiger partial charge in [-0.3, -0.25) is 4.79 Å². The van der Waals surface area contributed by atoms with Gasteiger partial charge in [0, 0.05) is 5.56 Å². The highest BCUT2D eigenvalue weighted by molar-refractivity contribution is 6.30. The van der Waals surface area contributed by atoms with Crippen molar-refractivity contribution in [1.82, 2.24) is 4.98 Å². The normalized spacial score (nSPS) is 10.9. The Morgan fingerprint density at radius 3 is 2.48 bits per heavy atom. The highest BCUT2D eigenvalue weighted by Crippen LogP contribution is 2.27. The molecule has 0 amide bonds. The van der Waals surface area contributed by atoms with Crippen LogP contribution in [0.25, 0.3) is 11.3 Å². The number of methoxy groups -OCH3 is 1. The van der Waals surface area contributed by atoms with Gasteiger partial charge in [-0.1, -0.05) is 11.6 Å². The van der Waals surface area contributed by atoms with Gasteiger partial charge in [0.2, 0.25) is 0 Å². The summed E-state index contributed by atoms with van der Waals surface area (Å²) >= 11 is 6.06. The molecule has 0 N–H and O–H groups in total. The Balaban J connectivity index is 2.16. The topological polar surface area (TPSA) is 72.2 Å². The van der Waals surface area contributed by atoms with Crippen molar-refractivity contribution in [2.24, 2.45) is 5.41 Å². The van der Waals surface area contributed by atoms with Crippen LogP contribution in [0.2, 0.25) is 5.15 Å². The van der Waals surface area contributed by atoms with Gasteiger partial charge in [0.25, 0.3) is 0 Å². The van der Waals surface area contributed by atoms with E-state index in [1.165, 1.54) is 7.11 Å².